The van der Waals surface area contributed by atoms with E-state index in [0.717, 1.165) is 31.7 Å². The summed E-state index contributed by atoms with van der Waals surface area (Å²) in [6.45, 7) is 11.9. The Labute approximate surface area is 185 Å². The molecule has 176 valence electrons. The molecule has 2 unspecified atom stereocenters. The molecule has 1 rings (SSSR count). The first-order valence-corrected chi connectivity index (χ1v) is 15.7. The van der Waals surface area contributed by atoms with Gasteiger partial charge >= 0.3 is 12.2 Å². The third kappa shape index (κ3) is 10.7. The van der Waals surface area contributed by atoms with Gasteiger partial charge in [0.05, 0.1) is 25.3 Å². The first-order chi connectivity index (χ1) is 14.2. The summed E-state index contributed by atoms with van der Waals surface area (Å²) >= 11 is 0. The smallest absolute Gasteiger partial charge is 0.409 e. The van der Waals surface area contributed by atoms with Crippen LogP contribution in [-0.2, 0) is 9.47 Å². The van der Waals surface area contributed by atoms with E-state index in [9.17, 15) is 9.59 Å². The number of alkyl carbamates (subject to hydrolysis) is 1. The van der Waals surface area contributed by atoms with Gasteiger partial charge in [0, 0.05) is 15.1 Å². The Hall–Kier alpha value is -1.24. The molecular weight excluding hydrogens is 396 g/mol. The van der Waals surface area contributed by atoms with E-state index in [1.54, 1.807) is 11.9 Å². The van der Waals surface area contributed by atoms with Crippen molar-refractivity contribution < 1.29 is 19.1 Å². The average Bonchev–Trinajstić information content (AvgIpc) is 2.68. The molecule has 2 atom stereocenters. The zero-order chi connectivity index (χ0) is 22.6. The Morgan fingerprint density at radius 1 is 1.07 bits per heavy atom. The van der Waals surface area contributed by atoms with Gasteiger partial charge in [0.15, 0.2) is 0 Å². The SMILES string of the molecule is CCCCOC(=O)NC(CC1CCCCC1)C(CC)N(C)C(=O)OCC[Si](C)(C)C. The minimum absolute atomic E-state index is 0.106. The number of unbranched alkanes of at least 4 members (excludes halogenated alkanes) is 1. The predicted molar refractivity (Wildman–Crippen MR) is 126 cm³/mol. The first-order valence-electron chi connectivity index (χ1n) is 12.0. The van der Waals surface area contributed by atoms with Gasteiger partial charge in [-0.2, -0.15) is 0 Å². The van der Waals surface area contributed by atoms with Crippen LogP contribution in [0.5, 0.6) is 0 Å². The average molecular weight is 443 g/mol. The summed E-state index contributed by atoms with van der Waals surface area (Å²) in [5.74, 6) is 0.588. The fourth-order valence-electron chi connectivity index (χ4n) is 4.11. The summed E-state index contributed by atoms with van der Waals surface area (Å²) in [4.78, 5) is 26.8. The minimum Gasteiger partial charge on any atom is -0.450 e. The van der Waals surface area contributed by atoms with Crippen molar-refractivity contribution in [3.8, 4) is 0 Å². The standard InChI is InChI=1S/C23H46N2O4Si/c1-7-9-15-28-22(26)24-20(18-19-13-11-10-12-14-19)21(8-2)25(3)23(27)29-16-17-30(4,5)6/h19-21H,7-18H2,1-6H3,(H,24,26). The van der Waals surface area contributed by atoms with Crippen LogP contribution in [0.1, 0.15) is 71.6 Å². The number of hydrogen-bond donors (Lipinski definition) is 1. The monoisotopic (exact) mass is 442 g/mol. The van der Waals surface area contributed by atoms with E-state index in [-0.39, 0.29) is 24.3 Å². The van der Waals surface area contributed by atoms with Crippen LogP contribution in [0.2, 0.25) is 25.7 Å². The highest BCUT2D eigenvalue weighted by atomic mass is 28.3. The first kappa shape index (κ1) is 26.8. The predicted octanol–water partition coefficient (Wildman–Crippen LogP) is 6.04. The number of hydrogen-bond acceptors (Lipinski definition) is 4. The van der Waals surface area contributed by atoms with Gasteiger partial charge in [-0.1, -0.05) is 72.0 Å². The molecule has 1 saturated carbocycles. The lowest BCUT2D eigenvalue weighted by Crippen LogP contribution is -2.53. The van der Waals surface area contributed by atoms with E-state index in [4.69, 9.17) is 9.47 Å². The van der Waals surface area contributed by atoms with E-state index in [1.165, 1.54) is 32.1 Å². The van der Waals surface area contributed by atoms with Crippen LogP contribution < -0.4 is 5.32 Å². The zero-order valence-corrected chi connectivity index (χ0v) is 21.3. The van der Waals surface area contributed by atoms with Gasteiger partial charge < -0.3 is 19.7 Å². The quantitative estimate of drug-likeness (QED) is 0.296. The summed E-state index contributed by atoms with van der Waals surface area (Å²) in [5.41, 5.74) is 0. The molecule has 0 aromatic rings. The normalized spacial score (nSPS) is 17.1. The number of rotatable bonds is 12. The van der Waals surface area contributed by atoms with Gasteiger partial charge in [0.1, 0.15) is 0 Å². The topological polar surface area (TPSA) is 67.9 Å². The maximum absolute atomic E-state index is 12.7. The van der Waals surface area contributed by atoms with Gasteiger partial charge in [0.25, 0.3) is 0 Å². The van der Waals surface area contributed by atoms with E-state index in [0.29, 0.717) is 19.1 Å². The van der Waals surface area contributed by atoms with Crippen LogP contribution in [-0.4, -0.2) is 57.5 Å². The van der Waals surface area contributed by atoms with E-state index < -0.39 is 8.07 Å². The van der Waals surface area contributed by atoms with Gasteiger partial charge in [-0.25, -0.2) is 9.59 Å². The van der Waals surface area contributed by atoms with Crippen LogP contribution in [0, 0.1) is 5.92 Å². The van der Waals surface area contributed by atoms with Crippen LogP contribution >= 0.6 is 0 Å². The van der Waals surface area contributed by atoms with Crippen LogP contribution in [0.15, 0.2) is 0 Å². The van der Waals surface area contributed by atoms with Crippen LogP contribution in [0.4, 0.5) is 9.59 Å². The van der Waals surface area contributed by atoms with Crippen molar-refractivity contribution >= 4 is 20.3 Å². The van der Waals surface area contributed by atoms with Crippen molar-refractivity contribution in [3.63, 3.8) is 0 Å². The van der Waals surface area contributed by atoms with Crippen molar-refractivity contribution in [1.29, 1.82) is 0 Å². The molecule has 0 aliphatic heterocycles. The fourth-order valence-corrected chi connectivity index (χ4v) is 4.82. The molecule has 0 heterocycles. The summed E-state index contributed by atoms with van der Waals surface area (Å²) in [7, 11) is 0.542. The third-order valence-corrected chi connectivity index (χ3v) is 7.80. The second-order valence-corrected chi connectivity index (χ2v) is 15.6. The highest BCUT2D eigenvalue weighted by Crippen LogP contribution is 2.29. The lowest BCUT2D eigenvalue weighted by Gasteiger charge is -2.36. The van der Waals surface area contributed by atoms with Crippen molar-refractivity contribution in [2.75, 3.05) is 20.3 Å². The van der Waals surface area contributed by atoms with Crippen LogP contribution in [0.25, 0.3) is 0 Å². The number of nitrogens with zero attached hydrogens (tertiary/aromatic N) is 1. The summed E-state index contributed by atoms with van der Waals surface area (Å²) < 4.78 is 10.9. The molecule has 0 bridgehead atoms. The number of carbonyl (C=O) groups excluding carboxylic acids is 2. The molecule has 30 heavy (non-hydrogen) atoms. The van der Waals surface area contributed by atoms with Crippen molar-refractivity contribution in [1.82, 2.24) is 10.2 Å². The van der Waals surface area contributed by atoms with Crippen molar-refractivity contribution in [2.24, 2.45) is 5.92 Å². The molecule has 1 aliphatic carbocycles. The molecule has 0 aromatic carbocycles. The number of ether oxygens (including phenoxy) is 2. The minimum atomic E-state index is -1.25. The second kappa shape index (κ2) is 13.9. The summed E-state index contributed by atoms with van der Waals surface area (Å²) in [5, 5.41) is 3.09. The molecular formula is C23H46N2O4Si. The number of carbonyl (C=O) groups is 2. The van der Waals surface area contributed by atoms with Crippen molar-refractivity contribution in [2.45, 2.75) is 109 Å². The third-order valence-electron chi connectivity index (χ3n) is 6.09. The largest absolute Gasteiger partial charge is 0.450 e. The number of nitrogens with one attached hydrogen (secondary N) is 1. The second-order valence-electron chi connectivity index (χ2n) is 9.99. The fraction of sp³-hybridized carbons (Fsp3) is 0.913. The molecule has 1 aliphatic rings. The zero-order valence-electron chi connectivity index (χ0n) is 20.3. The molecule has 1 fully saturated rings. The van der Waals surface area contributed by atoms with Crippen molar-refractivity contribution in [3.05, 3.63) is 0 Å². The van der Waals surface area contributed by atoms with Gasteiger partial charge in [-0.3, -0.25) is 0 Å². The Kier molecular flexibility index (Phi) is 12.4. The van der Waals surface area contributed by atoms with Gasteiger partial charge in [-0.05, 0) is 31.2 Å². The van der Waals surface area contributed by atoms with Gasteiger partial charge in [0.2, 0.25) is 0 Å². The molecule has 0 saturated heterocycles. The van der Waals surface area contributed by atoms with E-state index in [2.05, 4.69) is 38.8 Å². The van der Waals surface area contributed by atoms with Crippen LogP contribution in [0.3, 0.4) is 0 Å². The number of amides is 2. The molecule has 0 radical (unpaired) electrons. The molecule has 6 nitrogen and oxygen atoms in total. The van der Waals surface area contributed by atoms with E-state index >= 15 is 0 Å². The lowest BCUT2D eigenvalue weighted by molar-refractivity contribution is 0.0826. The molecule has 7 heteroatoms. The van der Waals surface area contributed by atoms with E-state index in [1.807, 2.05) is 0 Å². The Morgan fingerprint density at radius 3 is 2.30 bits per heavy atom. The number of likely N-dealkylation sites (N-methyl/N-ethyl adjacent to an activating group) is 1. The highest BCUT2D eigenvalue weighted by molar-refractivity contribution is 6.76. The highest BCUT2D eigenvalue weighted by Gasteiger charge is 2.32. The maximum atomic E-state index is 12.7. The molecule has 1 N–H and O–H groups in total. The molecule has 2 amide bonds. The maximum Gasteiger partial charge on any atom is 0.409 e. The lowest BCUT2D eigenvalue weighted by atomic mass is 9.82. The van der Waals surface area contributed by atoms with Gasteiger partial charge in [-0.15, -0.1) is 0 Å². The summed E-state index contributed by atoms with van der Waals surface area (Å²) in [6.07, 6.45) is 9.03. The Balaban J connectivity index is 2.77. The Bertz CT molecular complexity index is 504. The Morgan fingerprint density at radius 2 is 1.73 bits per heavy atom. The summed E-state index contributed by atoms with van der Waals surface area (Å²) in [6, 6.07) is 0.725. The molecule has 0 aromatic heterocycles. The molecule has 0 spiro atoms.